The maximum absolute atomic E-state index is 12.2. The third kappa shape index (κ3) is 2.40. The topological polar surface area (TPSA) is 42.2 Å². The molecule has 0 saturated carbocycles. The number of furan rings is 1. The Balaban J connectivity index is 1.89. The standard InChI is InChI=1S/C16H12ClNO2/c17-10-12-6-1-3-7-13(12)18-16(19)15-9-11-5-2-4-8-14(11)20-15/h1-9H,10H2,(H,18,19). The van der Waals surface area contributed by atoms with Crippen LogP contribution in [0, 0.1) is 0 Å². The van der Waals surface area contributed by atoms with Crippen LogP contribution in [0.5, 0.6) is 0 Å². The lowest BCUT2D eigenvalue weighted by molar-refractivity contribution is 0.0998. The molecule has 0 aliphatic carbocycles. The number of halogens is 1. The molecule has 1 heterocycles. The summed E-state index contributed by atoms with van der Waals surface area (Å²) in [6, 6.07) is 16.7. The lowest BCUT2D eigenvalue weighted by atomic mass is 10.2. The first-order chi connectivity index (χ1) is 9.78. The minimum Gasteiger partial charge on any atom is -0.451 e. The third-order valence-corrected chi connectivity index (χ3v) is 3.35. The lowest BCUT2D eigenvalue weighted by Gasteiger charge is -2.07. The van der Waals surface area contributed by atoms with Gasteiger partial charge in [-0.25, -0.2) is 0 Å². The van der Waals surface area contributed by atoms with E-state index in [4.69, 9.17) is 16.0 Å². The molecule has 1 aromatic heterocycles. The highest BCUT2D eigenvalue weighted by Crippen LogP contribution is 2.21. The molecule has 0 atom stereocenters. The number of rotatable bonds is 3. The van der Waals surface area contributed by atoms with Crippen LogP contribution in [0.25, 0.3) is 11.0 Å². The zero-order valence-electron chi connectivity index (χ0n) is 10.6. The van der Waals surface area contributed by atoms with Gasteiger partial charge in [0, 0.05) is 17.0 Å². The van der Waals surface area contributed by atoms with Crippen molar-refractivity contribution < 1.29 is 9.21 Å². The Hall–Kier alpha value is -2.26. The van der Waals surface area contributed by atoms with E-state index in [0.717, 1.165) is 10.9 Å². The van der Waals surface area contributed by atoms with Gasteiger partial charge in [-0.3, -0.25) is 4.79 Å². The summed E-state index contributed by atoms with van der Waals surface area (Å²) in [4.78, 5) is 12.2. The summed E-state index contributed by atoms with van der Waals surface area (Å²) in [7, 11) is 0. The van der Waals surface area contributed by atoms with Crippen LogP contribution in [-0.4, -0.2) is 5.91 Å². The fraction of sp³-hybridized carbons (Fsp3) is 0.0625. The van der Waals surface area contributed by atoms with E-state index < -0.39 is 0 Å². The van der Waals surface area contributed by atoms with Gasteiger partial charge in [0.05, 0.1) is 0 Å². The van der Waals surface area contributed by atoms with Gasteiger partial charge in [0.1, 0.15) is 5.58 Å². The second-order valence-corrected chi connectivity index (χ2v) is 4.66. The van der Waals surface area contributed by atoms with Gasteiger partial charge in [-0.1, -0.05) is 36.4 Å². The average molecular weight is 286 g/mol. The maximum Gasteiger partial charge on any atom is 0.291 e. The second kappa shape index (κ2) is 5.39. The van der Waals surface area contributed by atoms with Gasteiger partial charge >= 0.3 is 0 Å². The lowest BCUT2D eigenvalue weighted by Crippen LogP contribution is -2.12. The summed E-state index contributed by atoms with van der Waals surface area (Å²) in [5, 5.41) is 3.73. The number of carbonyl (C=O) groups is 1. The van der Waals surface area contributed by atoms with Gasteiger partial charge in [0.25, 0.3) is 5.91 Å². The summed E-state index contributed by atoms with van der Waals surface area (Å²) in [5.74, 6) is 0.352. The normalized spacial score (nSPS) is 10.7. The fourth-order valence-corrected chi connectivity index (χ4v) is 2.27. The van der Waals surface area contributed by atoms with Crippen molar-refractivity contribution in [3.05, 3.63) is 65.9 Å². The van der Waals surface area contributed by atoms with Gasteiger partial charge in [0.15, 0.2) is 5.76 Å². The molecule has 4 heteroatoms. The van der Waals surface area contributed by atoms with Crippen molar-refractivity contribution in [3.63, 3.8) is 0 Å². The predicted molar refractivity (Wildman–Crippen MR) is 80.2 cm³/mol. The average Bonchev–Trinajstić information content (AvgIpc) is 2.92. The zero-order chi connectivity index (χ0) is 13.9. The highest BCUT2D eigenvalue weighted by atomic mass is 35.5. The second-order valence-electron chi connectivity index (χ2n) is 4.39. The molecule has 1 amide bonds. The van der Waals surface area contributed by atoms with E-state index in [0.29, 0.717) is 17.2 Å². The van der Waals surface area contributed by atoms with Crippen molar-refractivity contribution in [2.75, 3.05) is 5.32 Å². The van der Waals surface area contributed by atoms with Crippen LogP contribution in [0.3, 0.4) is 0 Å². The molecule has 0 fully saturated rings. The number of hydrogen-bond acceptors (Lipinski definition) is 2. The number of anilines is 1. The largest absolute Gasteiger partial charge is 0.451 e. The molecule has 2 aromatic carbocycles. The summed E-state index contributed by atoms with van der Waals surface area (Å²) in [6.45, 7) is 0. The van der Waals surface area contributed by atoms with Gasteiger partial charge in [-0.2, -0.15) is 0 Å². The number of hydrogen-bond donors (Lipinski definition) is 1. The van der Waals surface area contributed by atoms with E-state index in [1.165, 1.54) is 0 Å². The van der Waals surface area contributed by atoms with Crippen LogP contribution < -0.4 is 5.32 Å². The third-order valence-electron chi connectivity index (χ3n) is 3.06. The molecule has 0 bridgehead atoms. The van der Waals surface area contributed by atoms with Gasteiger partial charge in [-0.15, -0.1) is 11.6 Å². The van der Waals surface area contributed by atoms with E-state index >= 15 is 0 Å². The number of alkyl halides is 1. The molecular formula is C16H12ClNO2. The molecule has 0 aliphatic rings. The van der Waals surface area contributed by atoms with Crippen molar-refractivity contribution in [3.8, 4) is 0 Å². The molecule has 0 radical (unpaired) electrons. The van der Waals surface area contributed by atoms with Crippen LogP contribution in [0.2, 0.25) is 0 Å². The monoisotopic (exact) mass is 285 g/mol. The number of benzene rings is 2. The molecule has 0 spiro atoms. The van der Waals surface area contributed by atoms with E-state index in [2.05, 4.69) is 5.32 Å². The molecule has 0 unspecified atom stereocenters. The highest BCUT2D eigenvalue weighted by Gasteiger charge is 2.13. The number of carbonyl (C=O) groups excluding carboxylic acids is 1. The van der Waals surface area contributed by atoms with Gasteiger partial charge in [0.2, 0.25) is 0 Å². The molecule has 3 rings (SSSR count). The van der Waals surface area contributed by atoms with Crippen molar-refractivity contribution >= 4 is 34.2 Å². The Kier molecular flexibility index (Phi) is 3.44. The number of amides is 1. The molecule has 0 aliphatic heterocycles. The van der Waals surface area contributed by atoms with Crippen molar-refractivity contribution in [1.29, 1.82) is 0 Å². The minimum absolute atomic E-state index is 0.279. The first-order valence-corrected chi connectivity index (χ1v) is 6.75. The van der Waals surface area contributed by atoms with Crippen LogP contribution in [0.1, 0.15) is 16.1 Å². The van der Waals surface area contributed by atoms with Crippen LogP contribution in [-0.2, 0) is 5.88 Å². The molecule has 100 valence electrons. The Morgan fingerprint density at radius 2 is 1.85 bits per heavy atom. The molecule has 3 aromatic rings. The van der Waals surface area contributed by atoms with Gasteiger partial charge < -0.3 is 9.73 Å². The predicted octanol–water partition coefficient (Wildman–Crippen LogP) is 4.42. The Labute approximate surface area is 121 Å². The summed E-state index contributed by atoms with van der Waals surface area (Å²) >= 11 is 5.85. The summed E-state index contributed by atoms with van der Waals surface area (Å²) in [6.07, 6.45) is 0. The Bertz CT molecular complexity index is 731. The summed E-state index contributed by atoms with van der Waals surface area (Å²) in [5.41, 5.74) is 2.27. The van der Waals surface area contributed by atoms with Crippen LogP contribution in [0.15, 0.2) is 59.0 Å². The molecule has 1 N–H and O–H groups in total. The first kappa shape index (κ1) is 12.8. The van der Waals surface area contributed by atoms with Crippen LogP contribution >= 0.6 is 11.6 Å². The molecule has 0 saturated heterocycles. The van der Waals surface area contributed by atoms with E-state index in [9.17, 15) is 4.79 Å². The Morgan fingerprint density at radius 1 is 1.10 bits per heavy atom. The highest BCUT2D eigenvalue weighted by molar-refractivity contribution is 6.17. The minimum atomic E-state index is -0.279. The van der Waals surface area contributed by atoms with Gasteiger partial charge in [-0.05, 0) is 23.8 Å². The maximum atomic E-state index is 12.2. The smallest absolute Gasteiger partial charge is 0.291 e. The summed E-state index contributed by atoms with van der Waals surface area (Å²) < 4.78 is 5.53. The fourth-order valence-electron chi connectivity index (χ4n) is 2.04. The Morgan fingerprint density at radius 3 is 2.65 bits per heavy atom. The van der Waals surface area contributed by atoms with Crippen LogP contribution in [0.4, 0.5) is 5.69 Å². The molecule has 20 heavy (non-hydrogen) atoms. The SMILES string of the molecule is O=C(Nc1ccccc1CCl)c1cc2ccccc2o1. The number of nitrogens with one attached hydrogen (secondary N) is 1. The van der Waals surface area contributed by atoms with Crippen molar-refractivity contribution in [1.82, 2.24) is 0 Å². The quantitative estimate of drug-likeness (QED) is 0.724. The first-order valence-electron chi connectivity index (χ1n) is 6.22. The number of para-hydroxylation sites is 2. The van der Waals surface area contributed by atoms with E-state index in [1.807, 2.05) is 48.5 Å². The molecular weight excluding hydrogens is 274 g/mol. The molecule has 3 nitrogen and oxygen atoms in total. The van der Waals surface area contributed by atoms with Crippen molar-refractivity contribution in [2.45, 2.75) is 5.88 Å². The number of fused-ring (bicyclic) bond motifs is 1. The van der Waals surface area contributed by atoms with Crippen molar-refractivity contribution in [2.24, 2.45) is 0 Å². The van der Waals surface area contributed by atoms with E-state index in [-0.39, 0.29) is 11.7 Å². The zero-order valence-corrected chi connectivity index (χ0v) is 11.4. The van der Waals surface area contributed by atoms with E-state index in [1.54, 1.807) is 6.07 Å².